The quantitative estimate of drug-likeness (QED) is 0.864. The number of nitrogens with one attached hydrogen (secondary N) is 1. The first-order valence-electron chi connectivity index (χ1n) is 7.44. The van der Waals surface area contributed by atoms with Gasteiger partial charge in [0.1, 0.15) is 5.60 Å². The number of carbonyl (C=O) groups excluding carboxylic acids is 1. The molecule has 0 spiro atoms. The molecule has 1 amide bonds. The number of rotatable bonds is 6. The van der Waals surface area contributed by atoms with Gasteiger partial charge in [0, 0.05) is 24.9 Å². The van der Waals surface area contributed by atoms with Gasteiger partial charge < -0.3 is 14.8 Å². The smallest absolute Gasteiger partial charge is 0.251 e. The molecule has 1 N–H and O–H groups in total. The average Bonchev–Trinajstić information content (AvgIpc) is 2.87. The van der Waals surface area contributed by atoms with E-state index in [4.69, 9.17) is 9.47 Å². The number of pyridine rings is 1. The third-order valence-corrected chi connectivity index (χ3v) is 3.81. The maximum Gasteiger partial charge on any atom is 0.251 e. The zero-order valence-electron chi connectivity index (χ0n) is 13.0. The lowest BCUT2D eigenvalue weighted by atomic mass is 9.94. The molecule has 0 aromatic carbocycles. The number of amides is 1. The molecule has 0 unspecified atom stereocenters. The largest absolute Gasteiger partial charge is 0.379 e. The molecule has 1 aromatic rings. The lowest BCUT2D eigenvalue weighted by Gasteiger charge is -2.27. The lowest BCUT2D eigenvalue weighted by Crippen LogP contribution is -2.50. The standard InChI is InChI=1S/C16H24N2O3/c1-4-21-16(2,3)15(19)18-14-11-20-10-13(14)9-12-5-7-17-8-6-12/h5-8,13-14H,4,9-11H2,1-3H3,(H,18,19)/t13-,14+/m1/s1. The van der Waals surface area contributed by atoms with Gasteiger partial charge in [-0.3, -0.25) is 9.78 Å². The Labute approximate surface area is 126 Å². The average molecular weight is 292 g/mol. The van der Waals surface area contributed by atoms with E-state index >= 15 is 0 Å². The van der Waals surface area contributed by atoms with Crippen molar-refractivity contribution in [2.75, 3.05) is 19.8 Å². The first-order valence-corrected chi connectivity index (χ1v) is 7.44. The molecule has 5 heteroatoms. The maximum absolute atomic E-state index is 12.3. The summed E-state index contributed by atoms with van der Waals surface area (Å²) < 4.78 is 11.0. The predicted octanol–water partition coefficient (Wildman–Crippen LogP) is 1.57. The molecule has 1 aliphatic heterocycles. The number of aromatic nitrogens is 1. The first-order chi connectivity index (χ1) is 10.0. The molecular formula is C16H24N2O3. The van der Waals surface area contributed by atoms with Crippen molar-refractivity contribution in [1.29, 1.82) is 0 Å². The topological polar surface area (TPSA) is 60.5 Å². The fourth-order valence-electron chi connectivity index (χ4n) is 2.55. The molecule has 0 saturated carbocycles. The van der Waals surface area contributed by atoms with E-state index in [9.17, 15) is 4.79 Å². The highest BCUT2D eigenvalue weighted by Crippen LogP contribution is 2.20. The minimum Gasteiger partial charge on any atom is -0.379 e. The molecule has 21 heavy (non-hydrogen) atoms. The van der Waals surface area contributed by atoms with E-state index in [2.05, 4.69) is 10.3 Å². The second-order valence-corrected chi connectivity index (χ2v) is 5.88. The van der Waals surface area contributed by atoms with Crippen LogP contribution in [0.2, 0.25) is 0 Å². The molecular weight excluding hydrogens is 268 g/mol. The fourth-order valence-corrected chi connectivity index (χ4v) is 2.55. The zero-order valence-corrected chi connectivity index (χ0v) is 13.0. The van der Waals surface area contributed by atoms with Gasteiger partial charge >= 0.3 is 0 Å². The molecule has 1 aromatic heterocycles. The summed E-state index contributed by atoms with van der Waals surface area (Å²) >= 11 is 0. The maximum atomic E-state index is 12.3. The van der Waals surface area contributed by atoms with Crippen molar-refractivity contribution < 1.29 is 14.3 Å². The molecule has 2 atom stereocenters. The molecule has 116 valence electrons. The van der Waals surface area contributed by atoms with Gasteiger partial charge in [0.25, 0.3) is 5.91 Å². The monoisotopic (exact) mass is 292 g/mol. The van der Waals surface area contributed by atoms with E-state index in [0.717, 1.165) is 6.42 Å². The van der Waals surface area contributed by atoms with E-state index in [1.54, 1.807) is 26.2 Å². The summed E-state index contributed by atoms with van der Waals surface area (Å²) in [6.45, 7) is 7.22. The van der Waals surface area contributed by atoms with Crippen molar-refractivity contribution in [3.05, 3.63) is 30.1 Å². The summed E-state index contributed by atoms with van der Waals surface area (Å²) in [6.07, 6.45) is 4.45. The number of hydrogen-bond acceptors (Lipinski definition) is 4. The van der Waals surface area contributed by atoms with Crippen molar-refractivity contribution in [3.63, 3.8) is 0 Å². The molecule has 0 radical (unpaired) electrons. The minimum absolute atomic E-state index is 0.0328. The van der Waals surface area contributed by atoms with E-state index in [1.165, 1.54) is 5.56 Å². The molecule has 2 rings (SSSR count). The van der Waals surface area contributed by atoms with Gasteiger partial charge in [-0.1, -0.05) is 0 Å². The van der Waals surface area contributed by atoms with Gasteiger partial charge in [-0.2, -0.15) is 0 Å². The summed E-state index contributed by atoms with van der Waals surface area (Å²) in [5.74, 6) is 0.202. The Balaban J connectivity index is 1.94. The summed E-state index contributed by atoms with van der Waals surface area (Å²) in [6, 6.07) is 4.04. The Kier molecular flexibility index (Phi) is 5.31. The van der Waals surface area contributed by atoms with Crippen LogP contribution in [0.1, 0.15) is 26.3 Å². The Hall–Kier alpha value is -1.46. The SMILES string of the molecule is CCOC(C)(C)C(=O)N[C@H]1COC[C@H]1Cc1ccncc1. The Bertz CT molecular complexity index is 462. The second-order valence-electron chi connectivity index (χ2n) is 5.88. The van der Waals surface area contributed by atoms with E-state index < -0.39 is 5.60 Å². The van der Waals surface area contributed by atoms with Crippen LogP contribution in [-0.2, 0) is 20.7 Å². The number of hydrogen-bond donors (Lipinski definition) is 1. The van der Waals surface area contributed by atoms with Crippen LogP contribution in [0.25, 0.3) is 0 Å². The Morgan fingerprint density at radius 3 is 2.81 bits per heavy atom. The highest BCUT2D eigenvalue weighted by molar-refractivity contribution is 5.84. The van der Waals surface area contributed by atoms with Crippen LogP contribution in [0.4, 0.5) is 0 Å². The Morgan fingerprint density at radius 2 is 2.14 bits per heavy atom. The van der Waals surface area contributed by atoms with Crippen LogP contribution in [0.5, 0.6) is 0 Å². The molecule has 2 heterocycles. The number of nitrogens with zero attached hydrogens (tertiary/aromatic N) is 1. The van der Waals surface area contributed by atoms with E-state index in [0.29, 0.717) is 19.8 Å². The van der Waals surface area contributed by atoms with Crippen LogP contribution in [0.15, 0.2) is 24.5 Å². The molecule has 1 saturated heterocycles. The van der Waals surface area contributed by atoms with E-state index in [-0.39, 0.29) is 17.9 Å². The van der Waals surface area contributed by atoms with Crippen LogP contribution in [-0.4, -0.2) is 42.4 Å². The van der Waals surface area contributed by atoms with Crippen molar-refractivity contribution >= 4 is 5.91 Å². The van der Waals surface area contributed by atoms with Crippen molar-refractivity contribution in [1.82, 2.24) is 10.3 Å². The summed E-state index contributed by atoms with van der Waals surface area (Å²) in [5.41, 5.74) is 0.405. The van der Waals surface area contributed by atoms with Gasteiger partial charge in [-0.15, -0.1) is 0 Å². The number of carbonyl (C=O) groups is 1. The normalized spacial score (nSPS) is 22.2. The van der Waals surface area contributed by atoms with Gasteiger partial charge in [0.05, 0.1) is 19.3 Å². The fraction of sp³-hybridized carbons (Fsp3) is 0.625. The summed E-state index contributed by atoms with van der Waals surface area (Å²) in [4.78, 5) is 16.3. The molecule has 5 nitrogen and oxygen atoms in total. The van der Waals surface area contributed by atoms with Gasteiger partial charge in [-0.25, -0.2) is 0 Å². The Morgan fingerprint density at radius 1 is 1.43 bits per heavy atom. The first kappa shape index (κ1) is 15.9. The third-order valence-electron chi connectivity index (χ3n) is 3.81. The summed E-state index contributed by atoms with van der Waals surface area (Å²) in [5, 5.41) is 3.07. The van der Waals surface area contributed by atoms with Crippen molar-refractivity contribution in [3.8, 4) is 0 Å². The lowest BCUT2D eigenvalue weighted by molar-refractivity contribution is -0.143. The third kappa shape index (κ3) is 4.25. The van der Waals surface area contributed by atoms with Crippen LogP contribution in [0, 0.1) is 5.92 Å². The number of ether oxygens (including phenoxy) is 2. The van der Waals surface area contributed by atoms with Crippen LogP contribution in [0.3, 0.4) is 0 Å². The van der Waals surface area contributed by atoms with Gasteiger partial charge in [0.15, 0.2) is 0 Å². The highest BCUT2D eigenvalue weighted by atomic mass is 16.5. The predicted molar refractivity (Wildman–Crippen MR) is 79.9 cm³/mol. The second kappa shape index (κ2) is 7.00. The summed E-state index contributed by atoms with van der Waals surface area (Å²) in [7, 11) is 0. The van der Waals surface area contributed by atoms with Gasteiger partial charge in [-0.05, 0) is 44.9 Å². The van der Waals surface area contributed by atoms with Gasteiger partial charge in [0.2, 0.25) is 0 Å². The highest BCUT2D eigenvalue weighted by Gasteiger charge is 2.35. The van der Waals surface area contributed by atoms with Crippen molar-refractivity contribution in [2.45, 2.75) is 38.8 Å². The molecule has 0 aliphatic carbocycles. The minimum atomic E-state index is -0.807. The zero-order chi connectivity index (χ0) is 15.3. The molecule has 1 aliphatic rings. The van der Waals surface area contributed by atoms with Crippen molar-refractivity contribution in [2.24, 2.45) is 5.92 Å². The van der Waals surface area contributed by atoms with Crippen LogP contribution < -0.4 is 5.32 Å². The molecule has 0 bridgehead atoms. The van der Waals surface area contributed by atoms with E-state index in [1.807, 2.05) is 19.1 Å². The molecule has 1 fully saturated rings. The van der Waals surface area contributed by atoms with Crippen LogP contribution >= 0.6 is 0 Å².